The SMILES string of the molecule is CC(C)c1nc(-c2ccccc2)nc(-c2ccc3c(c2)[Si](C)(C)c2ccccc2-3)n1. The third kappa shape index (κ3) is 2.99. The van der Waals surface area contributed by atoms with Crippen LogP contribution in [0.5, 0.6) is 0 Å². The largest absolute Gasteiger partial charge is 0.213 e. The van der Waals surface area contributed by atoms with E-state index in [4.69, 9.17) is 15.0 Å². The number of nitrogens with zero attached hydrogens (tertiary/aromatic N) is 3. The Morgan fingerprint density at radius 3 is 2.00 bits per heavy atom. The molecular weight excluding hydrogens is 382 g/mol. The minimum atomic E-state index is -1.73. The first kappa shape index (κ1) is 18.9. The van der Waals surface area contributed by atoms with Crippen LogP contribution in [-0.2, 0) is 0 Å². The molecule has 0 unspecified atom stereocenters. The fourth-order valence-electron chi connectivity index (χ4n) is 4.34. The van der Waals surface area contributed by atoms with E-state index < -0.39 is 8.07 Å². The Morgan fingerprint density at radius 2 is 1.27 bits per heavy atom. The molecule has 1 aliphatic heterocycles. The molecule has 0 bridgehead atoms. The van der Waals surface area contributed by atoms with E-state index in [1.54, 1.807) is 0 Å². The van der Waals surface area contributed by atoms with Crippen LogP contribution in [0.15, 0.2) is 72.8 Å². The molecule has 0 saturated heterocycles. The van der Waals surface area contributed by atoms with Crippen molar-refractivity contribution in [2.45, 2.75) is 32.9 Å². The summed E-state index contributed by atoms with van der Waals surface area (Å²) in [5.74, 6) is 2.57. The van der Waals surface area contributed by atoms with Gasteiger partial charge in [-0.1, -0.05) is 99.7 Å². The van der Waals surface area contributed by atoms with Gasteiger partial charge in [-0.25, -0.2) is 15.0 Å². The van der Waals surface area contributed by atoms with Gasteiger partial charge in [-0.3, -0.25) is 0 Å². The van der Waals surface area contributed by atoms with Crippen LogP contribution in [0.3, 0.4) is 0 Å². The van der Waals surface area contributed by atoms with E-state index in [1.165, 1.54) is 21.5 Å². The maximum atomic E-state index is 4.87. The first-order valence-corrected chi connectivity index (χ1v) is 13.5. The Morgan fingerprint density at radius 1 is 0.633 bits per heavy atom. The van der Waals surface area contributed by atoms with Crippen molar-refractivity contribution >= 4 is 18.4 Å². The van der Waals surface area contributed by atoms with E-state index in [0.717, 1.165) is 28.6 Å². The molecule has 0 fully saturated rings. The fraction of sp³-hybridized carbons (Fsp3) is 0.192. The summed E-state index contributed by atoms with van der Waals surface area (Å²) in [6.07, 6.45) is 0. The summed E-state index contributed by atoms with van der Waals surface area (Å²) in [5.41, 5.74) is 4.85. The molecule has 1 aromatic heterocycles. The third-order valence-corrected chi connectivity index (χ3v) is 9.59. The van der Waals surface area contributed by atoms with Crippen LogP contribution >= 0.6 is 0 Å². The number of hydrogen-bond acceptors (Lipinski definition) is 3. The van der Waals surface area contributed by atoms with E-state index in [0.29, 0.717) is 0 Å². The van der Waals surface area contributed by atoms with Gasteiger partial charge in [0.25, 0.3) is 0 Å². The maximum Gasteiger partial charge on any atom is 0.163 e. The molecule has 4 aromatic rings. The van der Waals surface area contributed by atoms with Crippen molar-refractivity contribution in [3.63, 3.8) is 0 Å². The van der Waals surface area contributed by atoms with Gasteiger partial charge in [0.1, 0.15) is 13.9 Å². The highest BCUT2D eigenvalue weighted by molar-refractivity contribution is 7.03. The van der Waals surface area contributed by atoms with E-state index in [2.05, 4.69) is 81.5 Å². The van der Waals surface area contributed by atoms with Crippen molar-refractivity contribution in [1.29, 1.82) is 0 Å². The summed E-state index contributed by atoms with van der Waals surface area (Å²) in [6, 6.07) is 25.8. The first-order valence-electron chi connectivity index (χ1n) is 10.5. The summed E-state index contributed by atoms with van der Waals surface area (Å²) >= 11 is 0. The van der Waals surface area contributed by atoms with Crippen LogP contribution in [0.4, 0.5) is 0 Å². The standard InChI is InChI=1S/C26H25N3Si/c1-17(2)24-27-25(18-10-6-5-7-11-18)29-26(28-24)19-14-15-21-20-12-8-9-13-22(20)30(3,4)23(21)16-19/h5-17H,1-4H3. The van der Waals surface area contributed by atoms with Crippen LogP contribution in [0.25, 0.3) is 33.9 Å². The molecule has 0 aliphatic carbocycles. The first-order chi connectivity index (χ1) is 14.4. The zero-order chi connectivity index (χ0) is 20.9. The second kappa shape index (κ2) is 6.99. The minimum Gasteiger partial charge on any atom is -0.213 e. The predicted octanol–water partition coefficient (Wildman–Crippen LogP) is 5.13. The lowest BCUT2D eigenvalue weighted by molar-refractivity contribution is 0.766. The molecule has 0 atom stereocenters. The van der Waals surface area contributed by atoms with Gasteiger partial charge in [-0.2, -0.15) is 0 Å². The third-order valence-electron chi connectivity index (χ3n) is 6.04. The highest BCUT2D eigenvalue weighted by atomic mass is 28.3. The second-order valence-corrected chi connectivity index (χ2v) is 13.1. The Hall–Kier alpha value is -3.11. The van der Waals surface area contributed by atoms with Crippen LogP contribution in [-0.4, -0.2) is 23.0 Å². The molecule has 0 spiro atoms. The van der Waals surface area contributed by atoms with Gasteiger partial charge in [0.2, 0.25) is 0 Å². The average molecular weight is 408 g/mol. The van der Waals surface area contributed by atoms with Crippen LogP contribution in [0.1, 0.15) is 25.6 Å². The number of fused-ring (bicyclic) bond motifs is 3. The van der Waals surface area contributed by atoms with Gasteiger partial charge in [-0.15, -0.1) is 0 Å². The van der Waals surface area contributed by atoms with Crippen molar-refractivity contribution < 1.29 is 0 Å². The van der Waals surface area contributed by atoms with E-state index >= 15 is 0 Å². The van der Waals surface area contributed by atoms with Gasteiger partial charge in [0.05, 0.1) is 0 Å². The quantitative estimate of drug-likeness (QED) is 0.442. The normalized spacial score (nSPS) is 13.9. The maximum absolute atomic E-state index is 4.87. The number of aromatic nitrogens is 3. The zero-order valence-corrected chi connectivity index (χ0v) is 18.8. The lowest BCUT2D eigenvalue weighted by Gasteiger charge is -2.19. The Balaban J connectivity index is 1.67. The Bertz CT molecular complexity index is 1250. The molecule has 148 valence electrons. The predicted molar refractivity (Wildman–Crippen MR) is 127 cm³/mol. The second-order valence-electron chi connectivity index (χ2n) is 8.79. The molecule has 30 heavy (non-hydrogen) atoms. The van der Waals surface area contributed by atoms with Gasteiger partial charge >= 0.3 is 0 Å². The lowest BCUT2D eigenvalue weighted by atomic mass is 10.0. The molecule has 0 saturated carbocycles. The highest BCUT2D eigenvalue weighted by Gasteiger charge is 2.37. The zero-order valence-electron chi connectivity index (χ0n) is 17.8. The summed E-state index contributed by atoms with van der Waals surface area (Å²) in [6.45, 7) is 9.13. The monoisotopic (exact) mass is 407 g/mol. The van der Waals surface area contributed by atoms with Crippen LogP contribution < -0.4 is 10.4 Å². The molecule has 0 radical (unpaired) electrons. The summed E-state index contributed by atoms with van der Waals surface area (Å²) in [5, 5.41) is 2.98. The number of hydrogen-bond donors (Lipinski definition) is 0. The Labute approximate surface area is 178 Å². The van der Waals surface area contributed by atoms with Crippen molar-refractivity contribution in [2.24, 2.45) is 0 Å². The number of benzene rings is 3. The van der Waals surface area contributed by atoms with E-state index in [9.17, 15) is 0 Å². The molecule has 0 N–H and O–H groups in total. The molecule has 3 aromatic carbocycles. The van der Waals surface area contributed by atoms with E-state index in [-0.39, 0.29) is 5.92 Å². The minimum absolute atomic E-state index is 0.235. The highest BCUT2D eigenvalue weighted by Crippen LogP contribution is 2.31. The molecule has 5 rings (SSSR count). The average Bonchev–Trinajstić information content (AvgIpc) is 3.01. The van der Waals surface area contributed by atoms with Crippen molar-refractivity contribution in [1.82, 2.24) is 15.0 Å². The molecule has 3 nitrogen and oxygen atoms in total. The summed E-state index contributed by atoms with van der Waals surface area (Å²) in [4.78, 5) is 14.5. The van der Waals surface area contributed by atoms with Gasteiger partial charge in [-0.05, 0) is 21.5 Å². The molecular formula is C26H25N3Si. The molecule has 4 heteroatoms. The van der Waals surface area contributed by atoms with Crippen molar-refractivity contribution in [3.8, 4) is 33.9 Å². The Kier molecular flexibility index (Phi) is 4.40. The van der Waals surface area contributed by atoms with E-state index in [1.807, 2.05) is 18.2 Å². The van der Waals surface area contributed by atoms with Crippen LogP contribution in [0, 0.1) is 0 Å². The van der Waals surface area contributed by atoms with Gasteiger partial charge < -0.3 is 0 Å². The molecule has 2 heterocycles. The summed E-state index contributed by atoms with van der Waals surface area (Å²) in [7, 11) is -1.73. The van der Waals surface area contributed by atoms with Crippen molar-refractivity contribution in [2.75, 3.05) is 0 Å². The van der Waals surface area contributed by atoms with Gasteiger partial charge in [0, 0.05) is 17.0 Å². The smallest absolute Gasteiger partial charge is 0.163 e. The van der Waals surface area contributed by atoms with Gasteiger partial charge in [0.15, 0.2) is 11.6 Å². The van der Waals surface area contributed by atoms with Crippen molar-refractivity contribution in [3.05, 3.63) is 78.6 Å². The topological polar surface area (TPSA) is 38.7 Å². The fourth-order valence-corrected chi connectivity index (χ4v) is 7.44. The molecule has 0 amide bonds. The molecule has 1 aliphatic rings. The van der Waals surface area contributed by atoms with Crippen LogP contribution in [0.2, 0.25) is 13.1 Å². The number of rotatable bonds is 3. The summed E-state index contributed by atoms with van der Waals surface area (Å²) < 4.78 is 0. The lowest BCUT2D eigenvalue weighted by Crippen LogP contribution is -2.49.